The second-order valence-corrected chi connectivity index (χ2v) is 7.21. The summed E-state index contributed by atoms with van der Waals surface area (Å²) in [5.74, 6) is 2.22. The molecule has 0 unspecified atom stereocenters. The molecule has 0 amide bonds. The summed E-state index contributed by atoms with van der Waals surface area (Å²) >= 11 is 1.48. The number of rotatable bonds is 5. The number of hydrogen-bond donors (Lipinski definition) is 1. The van der Waals surface area contributed by atoms with Gasteiger partial charge in [0.05, 0.1) is 19.9 Å². The van der Waals surface area contributed by atoms with E-state index in [9.17, 15) is 0 Å². The zero-order chi connectivity index (χ0) is 19.8. The smallest absolute Gasteiger partial charge is 0.235 e. The molecule has 2 aromatic carbocycles. The molecule has 3 heterocycles. The second kappa shape index (κ2) is 7.02. The van der Waals surface area contributed by atoms with Crippen molar-refractivity contribution in [3.05, 3.63) is 54.6 Å². The fourth-order valence-corrected chi connectivity index (χ4v) is 3.83. The molecule has 29 heavy (non-hydrogen) atoms. The molecular weight excluding hydrogens is 388 g/mol. The average Bonchev–Trinajstić information content (AvgIpc) is 3.49. The van der Waals surface area contributed by atoms with Gasteiger partial charge in [0, 0.05) is 11.1 Å². The number of fused-ring (bicyclic) bond motifs is 1. The van der Waals surface area contributed by atoms with Crippen LogP contribution in [0.4, 0.5) is 0 Å². The van der Waals surface area contributed by atoms with Gasteiger partial charge in [0.15, 0.2) is 0 Å². The summed E-state index contributed by atoms with van der Waals surface area (Å²) in [6.45, 7) is 0. The Labute approximate surface area is 169 Å². The van der Waals surface area contributed by atoms with E-state index in [0.29, 0.717) is 10.8 Å². The minimum atomic E-state index is 0.614. The van der Waals surface area contributed by atoms with Crippen LogP contribution in [0.5, 0.6) is 11.5 Å². The van der Waals surface area contributed by atoms with E-state index in [1.54, 1.807) is 18.7 Å². The van der Waals surface area contributed by atoms with E-state index in [-0.39, 0.29) is 0 Å². The molecule has 144 valence electrons. The largest absolute Gasteiger partial charge is 0.497 e. The third-order valence-corrected chi connectivity index (χ3v) is 5.48. The van der Waals surface area contributed by atoms with Crippen molar-refractivity contribution in [2.75, 3.05) is 14.2 Å². The van der Waals surface area contributed by atoms with E-state index in [1.165, 1.54) is 11.3 Å². The molecule has 0 aliphatic rings. The van der Waals surface area contributed by atoms with E-state index in [4.69, 9.17) is 9.47 Å². The van der Waals surface area contributed by atoms with E-state index in [0.717, 1.165) is 39.0 Å². The molecule has 0 aliphatic carbocycles. The SMILES string of the molecule is COc1ccc(-c2cc(-c3nnc4sc(-c5ccc(OC)cc5)nn34)[nH]n2)cc1. The number of aromatic amines is 1. The molecule has 0 spiro atoms. The standard InChI is InChI=1S/C20H16N6O2S/c1-27-14-7-3-12(4-8-14)16-11-17(22-21-16)18-23-24-20-26(18)25-19(29-20)13-5-9-15(28-2)10-6-13/h3-11H,1-2H3,(H,21,22). The van der Waals surface area contributed by atoms with Gasteiger partial charge in [-0.2, -0.15) is 14.7 Å². The Kier molecular flexibility index (Phi) is 4.21. The number of nitrogens with one attached hydrogen (secondary N) is 1. The van der Waals surface area contributed by atoms with Crippen LogP contribution >= 0.6 is 11.3 Å². The van der Waals surface area contributed by atoms with E-state index < -0.39 is 0 Å². The highest BCUT2D eigenvalue weighted by Crippen LogP contribution is 2.30. The van der Waals surface area contributed by atoms with Crippen LogP contribution in [0, 0.1) is 0 Å². The summed E-state index contributed by atoms with van der Waals surface area (Å²) < 4.78 is 12.2. The Balaban J connectivity index is 1.49. The highest BCUT2D eigenvalue weighted by atomic mass is 32.1. The number of H-pyrrole nitrogens is 1. The molecular formula is C20H16N6O2S. The summed E-state index contributed by atoms with van der Waals surface area (Å²) in [5, 5.41) is 21.5. The van der Waals surface area contributed by atoms with Crippen LogP contribution in [0.25, 0.3) is 38.3 Å². The quantitative estimate of drug-likeness (QED) is 0.477. The maximum Gasteiger partial charge on any atom is 0.235 e. The van der Waals surface area contributed by atoms with Gasteiger partial charge in [-0.1, -0.05) is 11.3 Å². The van der Waals surface area contributed by atoms with Crippen molar-refractivity contribution in [1.82, 2.24) is 30.0 Å². The van der Waals surface area contributed by atoms with Gasteiger partial charge in [0.1, 0.15) is 22.2 Å². The van der Waals surface area contributed by atoms with Crippen LogP contribution in [0.2, 0.25) is 0 Å². The number of aromatic nitrogens is 6. The highest BCUT2D eigenvalue weighted by Gasteiger charge is 2.17. The summed E-state index contributed by atoms with van der Waals surface area (Å²) in [6, 6.07) is 17.4. The summed E-state index contributed by atoms with van der Waals surface area (Å²) in [5.41, 5.74) is 3.53. The zero-order valence-corrected chi connectivity index (χ0v) is 16.5. The lowest BCUT2D eigenvalue weighted by molar-refractivity contribution is 0.415. The minimum Gasteiger partial charge on any atom is -0.497 e. The molecule has 0 bridgehead atoms. The van der Waals surface area contributed by atoms with Crippen molar-refractivity contribution in [2.24, 2.45) is 0 Å². The Hall–Kier alpha value is -3.72. The van der Waals surface area contributed by atoms with Crippen LogP contribution in [0.3, 0.4) is 0 Å². The maximum atomic E-state index is 5.22. The molecule has 9 heteroatoms. The first kappa shape index (κ1) is 17.4. The second-order valence-electron chi connectivity index (χ2n) is 6.25. The average molecular weight is 404 g/mol. The lowest BCUT2D eigenvalue weighted by Gasteiger charge is -2.00. The van der Waals surface area contributed by atoms with Crippen LogP contribution in [0.15, 0.2) is 54.6 Å². The van der Waals surface area contributed by atoms with Gasteiger partial charge < -0.3 is 9.47 Å². The zero-order valence-electron chi connectivity index (χ0n) is 15.7. The highest BCUT2D eigenvalue weighted by molar-refractivity contribution is 7.19. The molecule has 8 nitrogen and oxygen atoms in total. The third kappa shape index (κ3) is 3.11. The van der Waals surface area contributed by atoms with Crippen molar-refractivity contribution in [3.8, 4) is 44.8 Å². The van der Waals surface area contributed by atoms with Gasteiger partial charge in [-0.25, -0.2) is 0 Å². The first-order chi connectivity index (χ1) is 14.2. The molecule has 0 saturated heterocycles. The van der Waals surface area contributed by atoms with Crippen LogP contribution in [-0.4, -0.2) is 44.2 Å². The number of methoxy groups -OCH3 is 2. The van der Waals surface area contributed by atoms with Crippen molar-refractivity contribution < 1.29 is 9.47 Å². The van der Waals surface area contributed by atoms with E-state index >= 15 is 0 Å². The minimum absolute atomic E-state index is 0.614. The lowest BCUT2D eigenvalue weighted by Crippen LogP contribution is -1.91. The van der Waals surface area contributed by atoms with Crippen molar-refractivity contribution >= 4 is 16.3 Å². The van der Waals surface area contributed by atoms with Gasteiger partial charge in [0.2, 0.25) is 10.8 Å². The Morgan fingerprint density at radius 1 is 0.862 bits per heavy atom. The third-order valence-electron chi connectivity index (χ3n) is 4.53. The first-order valence-corrected chi connectivity index (χ1v) is 9.63. The predicted molar refractivity (Wildman–Crippen MR) is 110 cm³/mol. The fourth-order valence-electron chi connectivity index (χ4n) is 2.98. The van der Waals surface area contributed by atoms with Crippen LogP contribution in [0.1, 0.15) is 0 Å². The maximum absolute atomic E-state index is 5.22. The normalized spacial score (nSPS) is 11.1. The number of ether oxygens (including phenoxy) is 2. The Morgan fingerprint density at radius 3 is 2.17 bits per heavy atom. The van der Waals surface area contributed by atoms with Crippen LogP contribution in [-0.2, 0) is 0 Å². The van der Waals surface area contributed by atoms with Crippen molar-refractivity contribution in [3.63, 3.8) is 0 Å². The van der Waals surface area contributed by atoms with Gasteiger partial charge >= 0.3 is 0 Å². The Morgan fingerprint density at radius 2 is 1.52 bits per heavy atom. The molecule has 3 aromatic heterocycles. The first-order valence-electron chi connectivity index (χ1n) is 8.82. The Bertz CT molecular complexity index is 1270. The molecule has 1 N–H and O–H groups in total. The summed E-state index contributed by atoms with van der Waals surface area (Å²) in [4.78, 5) is 0.714. The topological polar surface area (TPSA) is 90.2 Å². The predicted octanol–water partition coefficient (Wildman–Crippen LogP) is 3.93. The van der Waals surface area contributed by atoms with Gasteiger partial charge in [-0.15, -0.1) is 10.2 Å². The van der Waals surface area contributed by atoms with Gasteiger partial charge in [-0.3, -0.25) is 5.10 Å². The lowest BCUT2D eigenvalue weighted by atomic mass is 10.1. The molecule has 5 aromatic rings. The van der Waals surface area contributed by atoms with Gasteiger partial charge in [-0.05, 0) is 54.6 Å². The summed E-state index contributed by atoms with van der Waals surface area (Å²) in [7, 11) is 3.29. The molecule has 0 saturated carbocycles. The monoisotopic (exact) mass is 404 g/mol. The van der Waals surface area contributed by atoms with E-state index in [2.05, 4.69) is 25.5 Å². The van der Waals surface area contributed by atoms with Crippen LogP contribution < -0.4 is 9.47 Å². The molecule has 5 rings (SSSR count). The fraction of sp³-hybridized carbons (Fsp3) is 0.100. The summed E-state index contributed by atoms with van der Waals surface area (Å²) in [6.07, 6.45) is 0. The molecule has 0 aliphatic heterocycles. The number of hydrogen-bond acceptors (Lipinski definition) is 7. The number of nitrogens with zero attached hydrogens (tertiary/aromatic N) is 5. The van der Waals surface area contributed by atoms with E-state index in [1.807, 2.05) is 54.6 Å². The van der Waals surface area contributed by atoms with Crippen molar-refractivity contribution in [1.29, 1.82) is 0 Å². The molecule has 0 fully saturated rings. The molecule has 0 radical (unpaired) electrons. The number of benzene rings is 2. The van der Waals surface area contributed by atoms with Crippen molar-refractivity contribution in [2.45, 2.75) is 0 Å². The van der Waals surface area contributed by atoms with Gasteiger partial charge in [0.25, 0.3) is 0 Å². The molecule has 0 atom stereocenters.